The van der Waals surface area contributed by atoms with Crippen LogP contribution in [0.3, 0.4) is 0 Å². The van der Waals surface area contributed by atoms with Gasteiger partial charge in [0.1, 0.15) is 18.1 Å². The number of hydrogen-bond acceptors (Lipinski definition) is 6. The molecule has 1 aromatic carbocycles. The number of carbonyl (C=O) groups is 2. The molecule has 13 heteroatoms. The van der Waals surface area contributed by atoms with Crippen LogP contribution in [0.2, 0.25) is 5.02 Å². The van der Waals surface area contributed by atoms with Gasteiger partial charge in [-0.25, -0.2) is 18.6 Å². The van der Waals surface area contributed by atoms with Crippen molar-refractivity contribution in [2.24, 2.45) is 5.92 Å². The van der Waals surface area contributed by atoms with Crippen molar-refractivity contribution in [3.63, 3.8) is 0 Å². The third kappa shape index (κ3) is 5.89. The maximum Gasteiger partial charge on any atom is 0.333 e. The van der Waals surface area contributed by atoms with Crippen molar-refractivity contribution in [3.8, 4) is 5.69 Å². The Morgan fingerprint density at radius 3 is 2.51 bits per heavy atom. The van der Waals surface area contributed by atoms with E-state index >= 15 is 0 Å². The molecule has 0 bridgehead atoms. The van der Waals surface area contributed by atoms with Crippen molar-refractivity contribution >= 4 is 40.3 Å². The normalized spacial score (nSPS) is 19.3. The Morgan fingerprint density at radius 2 is 1.81 bits per heavy atom. The first-order chi connectivity index (χ1) is 20.8. The number of anilines is 1. The van der Waals surface area contributed by atoms with Gasteiger partial charge in [-0.05, 0) is 61.9 Å². The summed E-state index contributed by atoms with van der Waals surface area (Å²) in [6.45, 7) is 1.37. The van der Waals surface area contributed by atoms with E-state index in [0.29, 0.717) is 44.0 Å². The highest BCUT2D eigenvalue weighted by molar-refractivity contribution is 6.30. The molecule has 0 spiro atoms. The smallest absolute Gasteiger partial charge is 0.333 e. The van der Waals surface area contributed by atoms with Gasteiger partial charge in [-0.3, -0.25) is 28.6 Å². The van der Waals surface area contributed by atoms with Gasteiger partial charge in [0.2, 0.25) is 0 Å². The number of amides is 2. The van der Waals surface area contributed by atoms with E-state index in [0.717, 1.165) is 30.1 Å². The summed E-state index contributed by atoms with van der Waals surface area (Å²) >= 11 is 5.91. The summed E-state index contributed by atoms with van der Waals surface area (Å²) < 4.78 is 35.4. The van der Waals surface area contributed by atoms with Crippen LogP contribution in [0.4, 0.5) is 14.6 Å². The van der Waals surface area contributed by atoms with Gasteiger partial charge in [0.15, 0.2) is 0 Å². The van der Waals surface area contributed by atoms with Gasteiger partial charge in [0.05, 0.1) is 46.7 Å². The van der Waals surface area contributed by atoms with Crippen LogP contribution in [0.5, 0.6) is 0 Å². The number of para-hydroxylation sites is 2. The number of carbonyl (C=O) groups excluding carboxylic acids is 2. The predicted octanol–water partition coefficient (Wildman–Crippen LogP) is 4.53. The van der Waals surface area contributed by atoms with Gasteiger partial charge in [-0.1, -0.05) is 23.7 Å². The molecule has 0 atom stereocenters. The van der Waals surface area contributed by atoms with Gasteiger partial charge < -0.3 is 10.1 Å². The topological polar surface area (TPSA) is 111 Å². The molecule has 3 aromatic heterocycles. The number of imidazole rings is 1. The van der Waals surface area contributed by atoms with E-state index in [2.05, 4.69) is 15.3 Å². The summed E-state index contributed by atoms with van der Waals surface area (Å²) in [6.07, 6.45) is 2.59. The summed E-state index contributed by atoms with van der Waals surface area (Å²) in [7, 11) is 0. The number of ether oxygens (including phenoxy) is 1. The second-order valence-corrected chi connectivity index (χ2v) is 11.2. The number of alkyl halides is 2. The molecule has 4 aromatic rings. The van der Waals surface area contributed by atoms with E-state index in [1.54, 1.807) is 32.4 Å². The zero-order valence-electron chi connectivity index (χ0n) is 23.1. The van der Waals surface area contributed by atoms with Crippen molar-refractivity contribution in [1.29, 1.82) is 0 Å². The third-order valence-corrected chi connectivity index (χ3v) is 8.25. The van der Waals surface area contributed by atoms with Crippen LogP contribution in [-0.4, -0.2) is 56.7 Å². The fourth-order valence-electron chi connectivity index (χ4n) is 5.88. The number of pyridine rings is 2. The van der Waals surface area contributed by atoms with E-state index in [4.69, 9.17) is 16.3 Å². The van der Waals surface area contributed by atoms with Crippen LogP contribution in [-0.2, 0) is 16.1 Å². The second kappa shape index (κ2) is 12.2. The highest BCUT2D eigenvalue weighted by Crippen LogP contribution is 2.29. The van der Waals surface area contributed by atoms with Crippen LogP contribution in [0.25, 0.3) is 16.7 Å². The van der Waals surface area contributed by atoms with Gasteiger partial charge in [-0.2, -0.15) is 0 Å². The molecule has 224 valence electrons. The monoisotopic (exact) mass is 610 g/mol. The number of benzene rings is 1. The van der Waals surface area contributed by atoms with Crippen LogP contribution in [0, 0.1) is 5.92 Å². The zero-order chi connectivity index (χ0) is 30.1. The van der Waals surface area contributed by atoms with E-state index in [1.807, 2.05) is 24.3 Å². The second-order valence-electron chi connectivity index (χ2n) is 10.8. The summed E-state index contributed by atoms with van der Waals surface area (Å²) in [6, 6.07) is 12.1. The van der Waals surface area contributed by atoms with E-state index in [9.17, 15) is 23.2 Å². The Morgan fingerprint density at radius 1 is 1.05 bits per heavy atom. The standard InChI is InChI=1S/C30H29ClF2N6O4/c31-19-13-22(27(28(32)33)35-14-19)29(41)36-20-7-5-18(6-8-20)16-38-23-3-1-2-4-24(23)39(30(38)42)21-9-10-25(34-15-21)37-11-12-43-17-26(37)40/h1-4,9-10,13-15,18,20,28H,5-8,11-12,16-17H2,(H,36,41). The molecule has 0 radical (unpaired) electrons. The van der Waals surface area contributed by atoms with Crippen molar-refractivity contribution in [1.82, 2.24) is 24.4 Å². The molecule has 0 unspecified atom stereocenters. The fraction of sp³-hybridized carbons (Fsp3) is 0.367. The maximum atomic E-state index is 13.8. The van der Waals surface area contributed by atoms with Gasteiger partial charge in [-0.15, -0.1) is 0 Å². The number of halogens is 3. The highest BCUT2D eigenvalue weighted by atomic mass is 35.5. The molecule has 2 amide bonds. The van der Waals surface area contributed by atoms with E-state index < -0.39 is 18.0 Å². The first kappa shape index (κ1) is 28.9. The van der Waals surface area contributed by atoms with Crippen molar-refractivity contribution < 1.29 is 23.1 Å². The molecule has 2 aliphatic rings. The number of morpholine rings is 1. The van der Waals surface area contributed by atoms with E-state index in [-0.39, 0.29) is 40.7 Å². The average molecular weight is 611 g/mol. The number of aromatic nitrogens is 4. The molecule has 6 rings (SSSR count). The summed E-state index contributed by atoms with van der Waals surface area (Å²) in [4.78, 5) is 48.4. The predicted molar refractivity (Wildman–Crippen MR) is 156 cm³/mol. The molecule has 4 heterocycles. The lowest BCUT2D eigenvalue weighted by molar-refractivity contribution is -0.125. The molecule has 1 aliphatic heterocycles. The van der Waals surface area contributed by atoms with Crippen molar-refractivity contribution in [3.05, 3.63) is 81.6 Å². The SMILES string of the molecule is O=C(NC1CCC(Cn2c(=O)n(-c3ccc(N4CCOCC4=O)nc3)c3ccccc32)CC1)c1cc(Cl)cnc1C(F)F. The Kier molecular flexibility index (Phi) is 8.22. The summed E-state index contributed by atoms with van der Waals surface area (Å²) in [5.41, 5.74) is 1.13. The molecule has 1 aliphatic carbocycles. The Hall–Kier alpha value is -4.16. The average Bonchev–Trinajstić information content (AvgIpc) is 3.29. The molecule has 1 saturated carbocycles. The number of hydrogen-bond donors (Lipinski definition) is 1. The lowest BCUT2D eigenvalue weighted by Crippen LogP contribution is -2.42. The van der Waals surface area contributed by atoms with Crippen LogP contribution >= 0.6 is 11.6 Å². The minimum Gasteiger partial charge on any atom is -0.370 e. The summed E-state index contributed by atoms with van der Waals surface area (Å²) in [5, 5.41) is 2.97. The van der Waals surface area contributed by atoms with Gasteiger partial charge in [0.25, 0.3) is 18.2 Å². The highest BCUT2D eigenvalue weighted by Gasteiger charge is 2.28. The number of nitrogens with one attached hydrogen (secondary N) is 1. The molecule has 1 N–H and O–H groups in total. The Labute approximate surface area is 250 Å². The maximum absolute atomic E-state index is 13.8. The van der Waals surface area contributed by atoms with E-state index in [1.165, 1.54) is 6.07 Å². The summed E-state index contributed by atoms with van der Waals surface area (Å²) in [5.74, 6) is -0.0864. The van der Waals surface area contributed by atoms with Crippen molar-refractivity contribution in [2.75, 3.05) is 24.7 Å². The third-order valence-electron chi connectivity index (χ3n) is 8.05. The van der Waals surface area contributed by atoms with Gasteiger partial charge >= 0.3 is 5.69 Å². The molecular formula is C30H29ClF2N6O4. The van der Waals surface area contributed by atoms with Crippen LogP contribution < -0.4 is 15.9 Å². The molecule has 10 nitrogen and oxygen atoms in total. The zero-order valence-corrected chi connectivity index (χ0v) is 23.8. The lowest BCUT2D eigenvalue weighted by Gasteiger charge is -2.29. The number of nitrogens with zero attached hydrogens (tertiary/aromatic N) is 5. The number of fused-ring (bicyclic) bond motifs is 1. The molecule has 1 saturated heterocycles. The Bertz CT molecular complexity index is 1720. The minimum atomic E-state index is -2.89. The molecule has 43 heavy (non-hydrogen) atoms. The fourth-order valence-corrected chi connectivity index (χ4v) is 6.04. The lowest BCUT2D eigenvalue weighted by atomic mass is 9.85. The van der Waals surface area contributed by atoms with Crippen molar-refractivity contribution in [2.45, 2.75) is 44.7 Å². The quantitative estimate of drug-likeness (QED) is 0.329. The first-order valence-electron chi connectivity index (χ1n) is 14.1. The molecule has 2 fully saturated rings. The number of rotatable bonds is 7. The van der Waals surface area contributed by atoms with Crippen LogP contribution in [0.15, 0.2) is 59.7 Å². The van der Waals surface area contributed by atoms with Crippen LogP contribution in [0.1, 0.15) is 48.2 Å². The van der Waals surface area contributed by atoms with Gasteiger partial charge in [0, 0.05) is 18.8 Å². The largest absolute Gasteiger partial charge is 0.370 e. The Balaban J connectivity index is 1.16. The molecular weight excluding hydrogens is 582 g/mol. The minimum absolute atomic E-state index is 0.0175. The first-order valence-corrected chi connectivity index (χ1v) is 14.5.